The molecule has 0 atom stereocenters. The molecule has 0 bridgehead atoms. The van der Waals surface area contributed by atoms with Crippen molar-refractivity contribution in [3.05, 3.63) is 254 Å². The monoisotopic (exact) mass is 1150 g/mol. The van der Waals surface area contributed by atoms with Gasteiger partial charge in [0.25, 0.3) is 0 Å². The Morgan fingerprint density at radius 2 is 0.433 bits per heavy atom. The number of rotatable bonds is 4. The Labute approximate surface area is 507 Å². The first-order valence-corrected chi connectivity index (χ1v) is 30.0. The fourth-order valence-electron chi connectivity index (χ4n) is 15.8. The van der Waals surface area contributed by atoms with E-state index in [2.05, 4.69) is 212 Å². The van der Waals surface area contributed by atoms with E-state index in [0.717, 1.165) is 153 Å². The Morgan fingerprint density at radius 1 is 0.211 bits per heavy atom. The summed E-state index contributed by atoms with van der Waals surface area (Å²) in [4.78, 5) is 0. The molecule has 0 saturated carbocycles. The third-order valence-electron chi connectivity index (χ3n) is 19.2. The van der Waals surface area contributed by atoms with Crippen molar-refractivity contribution in [1.29, 1.82) is 10.5 Å². The fraction of sp³-hybridized carbons (Fsp3) is 0. The first-order chi connectivity index (χ1) is 44.6. The van der Waals surface area contributed by atoms with Gasteiger partial charge in [-0.05, 0) is 97.1 Å². The maximum absolute atomic E-state index is 13.0. The van der Waals surface area contributed by atoms with Gasteiger partial charge in [0, 0.05) is 64.6 Å². The summed E-state index contributed by atoms with van der Waals surface area (Å²) in [5.41, 5.74) is 15.1. The second kappa shape index (κ2) is 17.0. The van der Waals surface area contributed by atoms with Gasteiger partial charge in [-0.1, -0.05) is 146 Å². The minimum Gasteiger partial charge on any atom is -0.456 e. The SMILES string of the molecule is N#Cc1c(C#N)c(-n2c3ccccc3c3ccc4oc5ccccc5c4c32)c(-n2c3ccccc3c3ccc4oc5ccccc5c4c32)c(-n2c3ccccc3c3ccc4oc5ccccc5c4c32)c1-n1c2ccccc2c2ccc3oc4ccccc4c3c21. The van der Waals surface area contributed by atoms with Crippen molar-refractivity contribution in [3.8, 4) is 34.9 Å². The zero-order valence-corrected chi connectivity index (χ0v) is 47.4. The van der Waals surface area contributed by atoms with Crippen LogP contribution in [0.4, 0.5) is 0 Å². The molecule has 21 aromatic rings. The molecule has 0 amide bonds. The van der Waals surface area contributed by atoms with Crippen molar-refractivity contribution in [1.82, 2.24) is 18.3 Å². The van der Waals surface area contributed by atoms with Gasteiger partial charge in [-0.25, -0.2) is 0 Å². The van der Waals surface area contributed by atoms with E-state index in [9.17, 15) is 10.5 Å². The molecule has 10 nitrogen and oxygen atoms in total. The van der Waals surface area contributed by atoms with Crippen LogP contribution in [0, 0.1) is 22.7 Å². The molecule has 414 valence electrons. The summed E-state index contributed by atoms with van der Waals surface area (Å²) in [5.74, 6) is 0. The highest BCUT2D eigenvalue weighted by Gasteiger charge is 2.37. The van der Waals surface area contributed by atoms with Gasteiger partial charge in [-0.3, -0.25) is 0 Å². The van der Waals surface area contributed by atoms with Crippen molar-refractivity contribution in [2.45, 2.75) is 0 Å². The number of fused-ring (bicyclic) bond motifs is 28. The van der Waals surface area contributed by atoms with E-state index >= 15 is 0 Å². The molecule has 10 heteroatoms. The van der Waals surface area contributed by atoms with Crippen LogP contribution in [0.15, 0.2) is 260 Å². The Kier molecular flexibility index (Phi) is 8.98. The Hall–Kier alpha value is -12.8. The van der Waals surface area contributed by atoms with Crippen molar-refractivity contribution in [2.75, 3.05) is 0 Å². The molecule has 0 aliphatic heterocycles. The maximum atomic E-state index is 13.0. The predicted octanol–water partition coefficient (Wildman–Crippen LogP) is 21.4. The van der Waals surface area contributed by atoms with Gasteiger partial charge in [0.2, 0.25) is 0 Å². The van der Waals surface area contributed by atoms with Gasteiger partial charge in [-0.15, -0.1) is 0 Å². The van der Waals surface area contributed by atoms with Gasteiger partial charge in [0.05, 0.1) is 99.6 Å². The number of nitrogens with zero attached hydrogens (tertiary/aromatic N) is 6. The summed E-state index contributed by atoms with van der Waals surface area (Å²) >= 11 is 0. The highest BCUT2D eigenvalue weighted by atomic mass is 16.3. The van der Waals surface area contributed by atoms with Crippen LogP contribution in [0.5, 0.6) is 0 Å². The van der Waals surface area contributed by atoms with Crippen LogP contribution in [0.2, 0.25) is 0 Å². The van der Waals surface area contributed by atoms with E-state index in [1.165, 1.54) is 0 Å². The lowest BCUT2D eigenvalue weighted by Gasteiger charge is -2.28. The van der Waals surface area contributed by atoms with Gasteiger partial charge >= 0.3 is 0 Å². The zero-order chi connectivity index (χ0) is 58.8. The largest absolute Gasteiger partial charge is 0.456 e. The topological polar surface area (TPSA) is 120 Å². The minimum absolute atomic E-state index is 0.170. The first kappa shape index (κ1) is 47.5. The van der Waals surface area contributed by atoms with Crippen molar-refractivity contribution in [2.24, 2.45) is 0 Å². The summed E-state index contributed by atoms with van der Waals surface area (Å²) in [6.07, 6.45) is 0. The summed E-state index contributed by atoms with van der Waals surface area (Å²) in [6.45, 7) is 0. The summed E-state index contributed by atoms with van der Waals surface area (Å²) in [6, 6.07) is 89.4. The van der Waals surface area contributed by atoms with E-state index in [0.29, 0.717) is 45.1 Å². The number of nitriles is 2. The Bertz CT molecular complexity index is 6530. The van der Waals surface area contributed by atoms with E-state index in [4.69, 9.17) is 17.7 Å². The van der Waals surface area contributed by atoms with Crippen molar-refractivity contribution in [3.63, 3.8) is 0 Å². The summed E-state index contributed by atoms with van der Waals surface area (Å²) in [7, 11) is 0. The number of para-hydroxylation sites is 8. The molecule has 0 unspecified atom stereocenters. The van der Waals surface area contributed by atoms with Gasteiger partial charge < -0.3 is 35.9 Å². The smallest absolute Gasteiger partial charge is 0.137 e. The molecule has 90 heavy (non-hydrogen) atoms. The van der Waals surface area contributed by atoms with E-state index in [1.54, 1.807) is 0 Å². The molecule has 0 fully saturated rings. The third-order valence-corrected chi connectivity index (χ3v) is 19.2. The Morgan fingerprint density at radius 3 is 0.689 bits per heavy atom. The van der Waals surface area contributed by atoms with Crippen LogP contribution in [0.25, 0.3) is 198 Å². The predicted molar refractivity (Wildman–Crippen MR) is 362 cm³/mol. The van der Waals surface area contributed by atoms with Crippen LogP contribution in [0.3, 0.4) is 0 Å². The van der Waals surface area contributed by atoms with Gasteiger partial charge in [0.15, 0.2) is 0 Å². The molecule has 0 radical (unpaired) electrons. The first-order valence-electron chi connectivity index (χ1n) is 30.0. The lowest BCUT2D eigenvalue weighted by Crippen LogP contribution is -2.17. The molecule has 0 saturated heterocycles. The normalized spacial score (nSPS) is 12.4. The Balaban J connectivity index is 1.14. The molecule has 0 aliphatic rings. The number of aromatic nitrogens is 4. The maximum Gasteiger partial charge on any atom is 0.137 e. The van der Waals surface area contributed by atoms with E-state index in [1.807, 2.05) is 60.7 Å². The molecule has 0 aliphatic carbocycles. The average Bonchev–Trinajstić information content (AvgIpc) is 1.47. The zero-order valence-electron chi connectivity index (χ0n) is 47.4. The molecular formula is C80H40N6O4. The highest BCUT2D eigenvalue weighted by Crippen LogP contribution is 2.54. The highest BCUT2D eigenvalue weighted by molar-refractivity contribution is 6.30. The lowest BCUT2D eigenvalue weighted by atomic mass is 9.97. The molecule has 8 heterocycles. The van der Waals surface area contributed by atoms with Crippen LogP contribution in [0.1, 0.15) is 11.1 Å². The quantitative estimate of drug-likeness (QED) is 0.173. The molecule has 0 N–H and O–H groups in total. The van der Waals surface area contributed by atoms with Crippen LogP contribution >= 0.6 is 0 Å². The van der Waals surface area contributed by atoms with Gasteiger partial charge in [0.1, 0.15) is 56.8 Å². The van der Waals surface area contributed by atoms with Crippen LogP contribution in [-0.4, -0.2) is 18.3 Å². The number of furan rings is 4. The van der Waals surface area contributed by atoms with Crippen LogP contribution in [-0.2, 0) is 0 Å². The average molecular weight is 1150 g/mol. The summed E-state index contributed by atoms with van der Waals surface area (Å²) in [5, 5.41) is 41.0. The minimum atomic E-state index is 0.170. The molecule has 0 spiro atoms. The fourth-order valence-corrected chi connectivity index (χ4v) is 15.8. The van der Waals surface area contributed by atoms with Crippen LogP contribution < -0.4 is 0 Å². The molecule has 13 aromatic carbocycles. The lowest BCUT2D eigenvalue weighted by molar-refractivity contribution is 0.668. The molecule has 21 rings (SSSR count). The van der Waals surface area contributed by atoms with Gasteiger partial charge in [-0.2, -0.15) is 10.5 Å². The second-order valence-electron chi connectivity index (χ2n) is 23.5. The summed E-state index contributed by atoms with van der Waals surface area (Å²) < 4.78 is 36.8. The van der Waals surface area contributed by atoms with Crippen molar-refractivity contribution >= 4 is 175 Å². The number of hydrogen-bond donors (Lipinski definition) is 0. The second-order valence-corrected chi connectivity index (χ2v) is 23.5. The molecular weight excluding hydrogens is 1110 g/mol. The standard InChI is InChI=1S/C80H40N6O4/c81-41-55-56(42-82)78(84-58-26-10-2-18-44(58)48-34-38-66-70(74(48)84)52-22-6-14-30-62(52)88-66)80(86-60-28-12-4-20-46(60)50-36-40-68-72(76(50)86)54-24-8-16-32-64(54)90-68)79(85-59-27-11-3-19-45(59)49-35-39-67-71(75(49)85)53-23-7-15-31-63(53)89-67)77(55)83-57-25-9-1-17-43(57)47-33-37-65-69(73(47)83)51-21-5-13-29-61(51)87-65/h1-40H. The van der Waals surface area contributed by atoms with E-state index in [-0.39, 0.29) is 11.1 Å². The number of hydrogen-bond acceptors (Lipinski definition) is 6. The van der Waals surface area contributed by atoms with Crippen molar-refractivity contribution < 1.29 is 17.7 Å². The van der Waals surface area contributed by atoms with E-state index < -0.39 is 0 Å². The number of benzene rings is 13. The molecule has 8 aromatic heterocycles. The third kappa shape index (κ3) is 5.81.